The summed E-state index contributed by atoms with van der Waals surface area (Å²) in [5.74, 6) is -0.841. The Morgan fingerprint density at radius 2 is 1.88 bits per heavy atom. The second kappa shape index (κ2) is 4.95. The molecule has 1 heterocycles. The molecule has 1 aliphatic heterocycles. The van der Waals surface area contributed by atoms with Crippen LogP contribution in [-0.2, 0) is 14.3 Å². The van der Waals surface area contributed by atoms with Crippen LogP contribution < -0.4 is 0 Å². The quantitative estimate of drug-likeness (QED) is 0.543. The minimum atomic E-state index is -1.21. The zero-order valence-corrected chi connectivity index (χ0v) is 10.1. The molecule has 0 aromatic heterocycles. The fourth-order valence-electron chi connectivity index (χ4n) is 1.88. The molecule has 0 unspecified atom stereocenters. The summed E-state index contributed by atoms with van der Waals surface area (Å²) in [6.45, 7) is 7.16. The van der Waals surface area contributed by atoms with Crippen LogP contribution in [0.4, 0.5) is 0 Å². The molecule has 5 nitrogen and oxygen atoms in total. The van der Waals surface area contributed by atoms with Crippen molar-refractivity contribution in [2.24, 2.45) is 10.4 Å². The third kappa shape index (κ3) is 2.00. The van der Waals surface area contributed by atoms with Gasteiger partial charge < -0.3 is 4.74 Å². The highest BCUT2D eigenvalue weighted by Crippen LogP contribution is 2.34. The van der Waals surface area contributed by atoms with Crippen molar-refractivity contribution in [3.63, 3.8) is 0 Å². The lowest BCUT2D eigenvalue weighted by Crippen LogP contribution is -2.53. The van der Waals surface area contributed by atoms with Crippen LogP contribution in [0.15, 0.2) is 30.3 Å². The molecule has 0 atom stereocenters. The van der Waals surface area contributed by atoms with Crippen molar-refractivity contribution in [2.75, 3.05) is 14.2 Å². The molecule has 0 radical (unpaired) electrons. The largest absolute Gasteiger partial charge is 0.468 e. The number of allylic oxidation sites excluding steroid dienone is 2. The highest BCUT2D eigenvalue weighted by Gasteiger charge is 2.49. The fourth-order valence-corrected chi connectivity index (χ4v) is 1.88. The molecule has 0 fully saturated rings. The number of rotatable bonds is 4. The lowest BCUT2D eigenvalue weighted by Gasteiger charge is -2.35. The second-order valence-corrected chi connectivity index (χ2v) is 3.84. The molecule has 1 aliphatic rings. The molecule has 0 saturated heterocycles. The van der Waals surface area contributed by atoms with Crippen LogP contribution >= 0.6 is 0 Å². The van der Waals surface area contributed by atoms with E-state index in [1.807, 2.05) is 0 Å². The van der Waals surface area contributed by atoms with Gasteiger partial charge in [-0.2, -0.15) is 4.99 Å². The first-order valence-corrected chi connectivity index (χ1v) is 5.20. The molecule has 0 spiro atoms. The van der Waals surface area contributed by atoms with Gasteiger partial charge in [0, 0.05) is 7.05 Å². The second-order valence-electron chi connectivity index (χ2n) is 3.84. The smallest absolute Gasteiger partial charge is 0.301 e. The van der Waals surface area contributed by atoms with Gasteiger partial charge in [-0.25, -0.2) is 0 Å². The van der Waals surface area contributed by atoms with Crippen LogP contribution in [0.2, 0.25) is 0 Å². The molecular weight excluding hydrogens is 220 g/mol. The average Bonchev–Trinajstić information content (AvgIpc) is 2.31. The Hall–Kier alpha value is -1.91. The van der Waals surface area contributed by atoms with E-state index in [4.69, 9.17) is 4.74 Å². The van der Waals surface area contributed by atoms with E-state index >= 15 is 0 Å². The zero-order chi connectivity index (χ0) is 13.1. The molecule has 0 aliphatic carbocycles. The maximum Gasteiger partial charge on any atom is 0.301 e. The zero-order valence-electron chi connectivity index (χ0n) is 10.1. The van der Waals surface area contributed by atoms with Crippen molar-refractivity contribution in [2.45, 2.75) is 12.8 Å². The Bertz CT molecular complexity index is 389. The normalized spacial score (nSPS) is 18.7. The molecule has 2 amide bonds. The molecular formula is C12H16N2O3. The van der Waals surface area contributed by atoms with Gasteiger partial charge >= 0.3 is 6.02 Å². The molecule has 92 valence electrons. The monoisotopic (exact) mass is 236 g/mol. The van der Waals surface area contributed by atoms with E-state index in [2.05, 4.69) is 18.2 Å². The molecule has 0 aromatic rings. The van der Waals surface area contributed by atoms with Crippen molar-refractivity contribution in [3.05, 3.63) is 25.3 Å². The van der Waals surface area contributed by atoms with Gasteiger partial charge in [0.2, 0.25) is 5.91 Å². The van der Waals surface area contributed by atoms with Gasteiger partial charge in [0.25, 0.3) is 5.91 Å². The molecule has 0 bridgehead atoms. The summed E-state index contributed by atoms with van der Waals surface area (Å²) in [6.07, 6.45) is 3.56. The standard InChI is InChI=1S/C12H16N2O3/c1-5-7-12(8-6-2)9(15)13-11(17-4)14(3)10(12)16/h5-6H,1-2,7-8H2,3-4H3. The number of ether oxygens (including phenoxy) is 1. The average molecular weight is 236 g/mol. The number of hydrogen-bond donors (Lipinski definition) is 0. The summed E-state index contributed by atoms with van der Waals surface area (Å²) in [7, 11) is 2.89. The van der Waals surface area contributed by atoms with Crippen molar-refractivity contribution >= 4 is 17.8 Å². The summed E-state index contributed by atoms with van der Waals surface area (Å²) in [5, 5.41) is 0. The lowest BCUT2D eigenvalue weighted by atomic mass is 9.78. The molecule has 1 rings (SSSR count). The molecule has 0 aromatic carbocycles. The van der Waals surface area contributed by atoms with Gasteiger partial charge in [0.05, 0.1) is 7.11 Å². The molecule has 0 N–H and O–H groups in total. The minimum absolute atomic E-state index is 0.0174. The highest BCUT2D eigenvalue weighted by atomic mass is 16.5. The van der Waals surface area contributed by atoms with Gasteiger partial charge in [-0.05, 0) is 12.8 Å². The Morgan fingerprint density at radius 3 is 2.29 bits per heavy atom. The maximum atomic E-state index is 12.3. The van der Waals surface area contributed by atoms with Gasteiger partial charge in [0.1, 0.15) is 5.41 Å². The SMILES string of the molecule is C=CCC1(CC=C)C(=O)N=C(OC)N(C)C1=O. The number of amidine groups is 1. The van der Waals surface area contributed by atoms with Crippen molar-refractivity contribution in [1.82, 2.24) is 4.90 Å². The van der Waals surface area contributed by atoms with Gasteiger partial charge in [0.15, 0.2) is 0 Å². The Kier molecular flexibility index (Phi) is 3.83. The summed E-state index contributed by atoms with van der Waals surface area (Å²) in [4.78, 5) is 29.3. The Balaban J connectivity index is 3.26. The fraction of sp³-hybridized carbons (Fsp3) is 0.417. The van der Waals surface area contributed by atoms with Crippen LogP contribution in [0, 0.1) is 5.41 Å². The van der Waals surface area contributed by atoms with E-state index in [0.717, 1.165) is 0 Å². The van der Waals surface area contributed by atoms with Crippen molar-refractivity contribution in [3.8, 4) is 0 Å². The first-order chi connectivity index (χ1) is 8.03. The van der Waals surface area contributed by atoms with Crippen LogP contribution in [-0.4, -0.2) is 36.9 Å². The number of nitrogens with zero attached hydrogens (tertiary/aromatic N) is 2. The highest BCUT2D eigenvalue weighted by molar-refractivity contribution is 6.17. The van der Waals surface area contributed by atoms with E-state index in [0.29, 0.717) is 0 Å². The lowest BCUT2D eigenvalue weighted by molar-refractivity contribution is -0.147. The van der Waals surface area contributed by atoms with E-state index < -0.39 is 11.3 Å². The van der Waals surface area contributed by atoms with Gasteiger partial charge in [-0.3, -0.25) is 14.5 Å². The number of aliphatic imine (C=N–C) groups is 1. The van der Waals surface area contributed by atoms with E-state index in [1.165, 1.54) is 19.1 Å². The minimum Gasteiger partial charge on any atom is -0.468 e. The summed E-state index contributed by atoms with van der Waals surface area (Å²) < 4.78 is 4.88. The van der Waals surface area contributed by atoms with E-state index in [9.17, 15) is 9.59 Å². The van der Waals surface area contributed by atoms with Crippen LogP contribution in [0.3, 0.4) is 0 Å². The molecule has 0 saturated carbocycles. The number of carbonyl (C=O) groups is 2. The first-order valence-electron chi connectivity index (χ1n) is 5.20. The summed E-state index contributed by atoms with van der Waals surface area (Å²) in [6, 6.07) is 0.0174. The maximum absolute atomic E-state index is 12.3. The predicted octanol–water partition coefficient (Wildman–Crippen LogP) is 1.13. The number of amides is 2. The molecule has 17 heavy (non-hydrogen) atoms. The van der Waals surface area contributed by atoms with E-state index in [-0.39, 0.29) is 24.8 Å². The van der Waals surface area contributed by atoms with Crippen LogP contribution in [0.5, 0.6) is 0 Å². The van der Waals surface area contributed by atoms with Crippen molar-refractivity contribution in [1.29, 1.82) is 0 Å². The number of methoxy groups -OCH3 is 1. The van der Waals surface area contributed by atoms with Crippen LogP contribution in [0.1, 0.15) is 12.8 Å². The van der Waals surface area contributed by atoms with Crippen molar-refractivity contribution < 1.29 is 14.3 Å². The first kappa shape index (κ1) is 13.2. The van der Waals surface area contributed by atoms with E-state index in [1.54, 1.807) is 12.2 Å². The summed E-state index contributed by atoms with van der Waals surface area (Å²) in [5.41, 5.74) is -1.21. The Labute approximate surface area is 100 Å². The number of carbonyl (C=O) groups excluding carboxylic acids is 2. The Morgan fingerprint density at radius 1 is 1.35 bits per heavy atom. The van der Waals surface area contributed by atoms with Gasteiger partial charge in [-0.15, -0.1) is 13.2 Å². The topological polar surface area (TPSA) is 59.0 Å². The summed E-state index contributed by atoms with van der Waals surface area (Å²) >= 11 is 0. The van der Waals surface area contributed by atoms with Gasteiger partial charge in [-0.1, -0.05) is 12.2 Å². The number of hydrogen-bond acceptors (Lipinski definition) is 3. The molecule has 5 heteroatoms. The van der Waals surface area contributed by atoms with Crippen LogP contribution in [0.25, 0.3) is 0 Å². The third-order valence-corrected chi connectivity index (χ3v) is 2.78. The third-order valence-electron chi connectivity index (χ3n) is 2.78. The predicted molar refractivity (Wildman–Crippen MR) is 64.3 cm³/mol.